The Hall–Kier alpha value is -1.63. The van der Waals surface area contributed by atoms with E-state index in [9.17, 15) is 9.59 Å². The van der Waals surface area contributed by atoms with Gasteiger partial charge in [-0.1, -0.05) is 6.42 Å². The number of fused-ring (bicyclic) bond motifs is 1. The van der Waals surface area contributed by atoms with Crippen LogP contribution in [0.15, 0.2) is 4.79 Å². The summed E-state index contributed by atoms with van der Waals surface area (Å²) >= 11 is 0. The molecule has 3 heterocycles. The summed E-state index contributed by atoms with van der Waals surface area (Å²) in [6.45, 7) is 1.99. The summed E-state index contributed by atoms with van der Waals surface area (Å²) in [7, 11) is 0. The van der Waals surface area contributed by atoms with Gasteiger partial charge in [-0.25, -0.2) is 9.48 Å². The van der Waals surface area contributed by atoms with Crippen molar-refractivity contribution >= 4 is 5.91 Å². The average molecular weight is 294 g/mol. The number of rotatable bonds is 4. The van der Waals surface area contributed by atoms with Crippen molar-refractivity contribution in [2.45, 2.75) is 57.7 Å². The number of nitrogens with zero attached hydrogens (tertiary/aromatic N) is 3. The molecule has 116 valence electrons. The zero-order valence-electron chi connectivity index (χ0n) is 12.2. The first-order chi connectivity index (χ1) is 10.2. The molecule has 1 saturated heterocycles. The number of nitrogens with one attached hydrogen (secondary N) is 1. The number of hydrogen-bond acceptors (Lipinski definition) is 4. The minimum Gasteiger partial charge on any atom is -0.376 e. The first kappa shape index (κ1) is 14.3. The van der Waals surface area contributed by atoms with Crippen LogP contribution in [-0.2, 0) is 29.0 Å². The lowest BCUT2D eigenvalue weighted by Gasteiger charge is -2.10. The lowest BCUT2D eigenvalue weighted by molar-refractivity contribution is -0.122. The van der Waals surface area contributed by atoms with Gasteiger partial charge < -0.3 is 10.1 Å². The van der Waals surface area contributed by atoms with Crippen LogP contribution in [0.4, 0.5) is 0 Å². The van der Waals surface area contributed by atoms with Gasteiger partial charge in [0.2, 0.25) is 5.91 Å². The SMILES string of the molecule is O=C(Cn1nc2n(c1=O)CCCCC2)NCC1CCCO1. The smallest absolute Gasteiger partial charge is 0.346 e. The van der Waals surface area contributed by atoms with Crippen molar-refractivity contribution in [1.29, 1.82) is 0 Å². The van der Waals surface area contributed by atoms with Crippen molar-refractivity contribution in [3.8, 4) is 0 Å². The van der Waals surface area contributed by atoms with E-state index in [1.54, 1.807) is 4.57 Å². The summed E-state index contributed by atoms with van der Waals surface area (Å²) in [6.07, 6.45) is 6.16. The van der Waals surface area contributed by atoms with Gasteiger partial charge >= 0.3 is 5.69 Å². The van der Waals surface area contributed by atoms with Crippen molar-refractivity contribution in [1.82, 2.24) is 19.7 Å². The lowest BCUT2D eigenvalue weighted by atomic mass is 10.2. The van der Waals surface area contributed by atoms with Gasteiger partial charge in [0.15, 0.2) is 0 Å². The van der Waals surface area contributed by atoms with Crippen molar-refractivity contribution < 1.29 is 9.53 Å². The molecule has 21 heavy (non-hydrogen) atoms. The van der Waals surface area contributed by atoms with Gasteiger partial charge in [-0.3, -0.25) is 9.36 Å². The van der Waals surface area contributed by atoms with Crippen molar-refractivity contribution in [2.24, 2.45) is 0 Å². The monoisotopic (exact) mass is 294 g/mol. The van der Waals surface area contributed by atoms with Gasteiger partial charge in [-0.2, -0.15) is 5.10 Å². The van der Waals surface area contributed by atoms with Gasteiger partial charge in [-0.05, 0) is 25.7 Å². The van der Waals surface area contributed by atoms with Gasteiger partial charge in [0.25, 0.3) is 0 Å². The first-order valence-corrected chi connectivity index (χ1v) is 7.79. The standard InChI is InChI=1S/C14H22N4O3/c19-13(15-9-11-5-4-8-21-11)10-18-14(20)17-7-3-1-2-6-12(17)16-18/h11H,1-10H2,(H,15,19). The van der Waals surface area contributed by atoms with Gasteiger partial charge in [0, 0.05) is 26.1 Å². The fourth-order valence-electron chi connectivity index (χ4n) is 2.95. The van der Waals surface area contributed by atoms with E-state index >= 15 is 0 Å². The van der Waals surface area contributed by atoms with Crippen LogP contribution in [0.3, 0.4) is 0 Å². The fourth-order valence-corrected chi connectivity index (χ4v) is 2.95. The van der Waals surface area contributed by atoms with Crippen LogP contribution in [-0.4, -0.2) is 39.5 Å². The molecular weight excluding hydrogens is 272 g/mol. The van der Waals surface area contributed by atoms with Crippen LogP contribution < -0.4 is 11.0 Å². The second-order valence-electron chi connectivity index (χ2n) is 5.76. The molecule has 7 nitrogen and oxygen atoms in total. The number of hydrogen-bond donors (Lipinski definition) is 1. The zero-order valence-corrected chi connectivity index (χ0v) is 12.2. The highest BCUT2D eigenvalue weighted by atomic mass is 16.5. The first-order valence-electron chi connectivity index (χ1n) is 7.79. The largest absolute Gasteiger partial charge is 0.376 e. The van der Waals surface area contributed by atoms with E-state index in [4.69, 9.17) is 4.74 Å². The molecule has 0 aromatic carbocycles. The molecule has 7 heteroatoms. The summed E-state index contributed by atoms with van der Waals surface area (Å²) in [5.74, 6) is 0.630. The topological polar surface area (TPSA) is 78.2 Å². The van der Waals surface area contributed by atoms with Crippen molar-refractivity contribution in [2.75, 3.05) is 13.2 Å². The molecule has 2 aliphatic rings. The van der Waals surface area contributed by atoms with E-state index in [1.807, 2.05) is 0 Å². The van der Waals surface area contributed by atoms with E-state index in [-0.39, 0.29) is 24.2 Å². The molecule has 0 saturated carbocycles. The van der Waals surface area contributed by atoms with Gasteiger partial charge in [0.1, 0.15) is 12.4 Å². The molecule has 1 atom stereocenters. The molecule has 1 amide bonds. The van der Waals surface area contributed by atoms with Crippen molar-refractivity contribution in [3.05, 3.63) is 16.3 Å². The Bertz CT molecular complexity index is 557. The lowest BCUT2D eigenvalue weighted by Crippen LogP contribution is -2.37. The Morgan fingerprint density at radius 2 is 2.24 bits per heavy atom. The fraction of sp³-hybridized carbons (Fsp3) is 0.786. The van der Waals surface area contributed by atoms with E-state index in [2.05, 4.69) is 10.4 Å². The number of ether oxygens (including phenoxy) is 1. The van der Waals surface area contributed by atoms with Gasteiger partial charge in [-0.15, -0.1) is 0 Å². The Balaban J connectivity index is 1.59. The molecular formula is C14H22N4O3. The van der Waals surface area contributed by atoms with Gasteiger partial charge in [0.05, 0.1) is 6.10 Å². The molecule has 1 aromatic rings. The second kappa shape index (κ2) is 6.43. The molecule has 0 spiro atoms. The summed E-state index contributed by atoms with van der Waals surface area (Å²) in [5, 5.41) is 7.13. The molecule has 2 aliphatic heterocycles. The van der Waals surface area contributed by atoms with Crippen LogP contribution >= 0.6 is 0 Å². The summed E-state index contributed by atoms with van der Waals surface area (Å²) < 4.78 is 8.45. The minimum absolute atomic E-state index is 0.00838. The maximum Gasteiger partial charge on any atom is 0.346 e. The van der Waals surface area contributed by atoms with E-state index in [1.165, 1.54) is 4.68 Å². The molecule has 1 unspecified atom stereocenters. The minimum atomic E-state index is -0.180. The van der Waals surface area contributed by atoms with Crippen molar-refractivity contribution in [3.63, 3.8) is 0 Å². The Morgan fingerprint density at radius 1 is 1.33 bits per heavy atom. The van der Waals surface area contributed by atoms with E-state index in [0.717, 1.165) is 51.0 Å². The summed E-state index contributed by atoms with van der Waals surface area (Å²) in [5.41, 5.74) is -0.167. The molecule has 0 radical (unpaired) electrons. The molecule has 1 N–H and O–H groups in total. The normalized spacial score (nSPS) is 21.8. The number of aromatic nitrogens is 3. The number of carbonyl (C=O) groups excluding carboxylic acids is 1. The van der Waals surface area contributed by atoms with Crippen LogP contribution in [0.25, 0.3) is 0 Å². The summed E-state index contributed by atoms with van der Waals surface area (Å²) in [4.78, 5) is 24.1. The zero-order chi connectivity index (χ0) is 14.7. The molecule has 1 aromatic heterocycles. The Kier molecular flexibility index (Phi) is 4.38. The molecule has 1 fully saturated rings. The highest BCUT2D eigenvalue weighted by molar-refractivity contribution is 5.75. The number of aryl methyl sites for hydroxylation is 1. The highest BCUT2D eigenvalue weighted by Gasteiger charge is 2.19. The third-order valence-electron chi connectivity index (χ3n) is 4.13. The summed E-state index contributed by atoms with van der Waals surface area (Å²) in [6, 6.07) is 0. The molecule has 0 aliphatic carbocycles. The molecule has 3 rings (SSSR count). The third kappa shape index (κ3) is 3.34. The van der Waals surface area contributed by atoms with Crippen LogP contribution in [0.1, 0.15) is 37.9 Å². The number of carbonyl (C=O) groups is 1. The number of amides is 1. The highest BCUT2D eigenvalue weighted by Crippen LogP contribution is 2.11. The maximum absolute atomic E-state index is 12.2. The average Bonchev–Trinajstić information content (AvgIpc) is 3.01. The van der Waals surface area contributed by atoms with Crippen LogP contribution in [0.2, 0.25) is 0 Å². The maximum atomic E-state index is 12.2. The Morgan fingerprint density at radius 3 is 3.05 bits per heavy atom. The predicted molar refractivity (Wildman–Crippen MR) is 76.0 cm³/mol. The third-order valence-corrected chi connectivity index (χ3v) is 4.13. The van der Waals surface area contributed by atoms with Crippen LogP contribution in [0.5, 0.6) is 0 Å². The quantitative estimate of drug-likeness (QED) is 0.852. The van der Waals surface area contributed by atoms with E-state index in [0.29, 0.717) is 13.1 Å². The predicted octanol–water partition coefficient (Wildman–Crippen LogP) is 0.0664. The van der Waals surface area contributed by atoms with Crippen LogP contribution in [0, 0.1) is 0 Å². The second-order valence-corrected chi connectivity index (χ2v) is 5.76. The molecule has 0 bridgehead atoms. The Labute approximate surface area is 123 Å². The van der Waals surface area contributed by atoms with E-state index < -0.39 is 0 Å².